The van der Waals surface area contributed by atoms with Crippen LogP contribution in [0.5, 0.6) is 0 Å². The summed E-state index contributed by atoms with van der Waals surface area (Å²) in [6.45, 7) is 6.92. The van der Waals surface area contributed by atoms with E-state index in [4.69, 9.17) is 0 Å². The van der Waals surface area contributed by atoms with Gasteiger partial charge in [0, 0.05) is 17.2 Å². The van der Waals surface area contributed by atoms with Crippen LogP contribution in [0.1, 0.15) is 20.8 Å². The van der Waals surface area contributed by atoms with Gasteiger partial charge in [0.1, 0.15) is 5.69 Å². The fraction of sp³-hybridized carbons (Fsp3) is 0.222. The third kappa shape index (κ3) is 5.00. The van der Waals surface area contributed by atoms with Crippen LogP contribution in [0.2, 0.25) is 0 Å². The van der Waals surface area contributed by atoms with Gasteiger partial charge in [-0.05, 0) is 43.5 Å². The van der Waals surface area contributed by atoms with Crippen LogP contribution >= 0.6 is 23.3 Å². The zero-order valence-electron chi connectivity index (χ0n) is 18.7. The van der Waals surface area contributed by atoms with Gasteiger partial charge in [-0.15, -0.1) is 11.8 Å². The number of aromatic nitrogens is 1. The molecule has 0 radical (unpaired) electrons. The van der Waals surface area contributed by atoms with Gasteiger partial charge in [0.05, 0.1) is 10.4 Å². The van der Waals surface area contributed by atoms with Crippen molar-refractivity contribution >= 4 is 29.0 Å². The molecule has 0 bridgehead atoms. The Hall–Kier alpha value is -2.76. The average Bonchev–Trinajstić information content (AvgIpc) is 3.15. The summed E-state index contributed by atoms with van der Waals surface area (Å²) in [6.07, 6.45) is 0. The SMILES string of the molecule is CC(C)(C)n1sc(-c2ccccc2)c(NCCSc2ccccc2-c2ccccc2)c1=O. The van der Waals surface area contributed by atoms with Crippen LogP contribution in [0.3, 0.4) is 0 Å². The molecule has 0 aliphatic carbocycles. The quantitative estimate of drug-likeness (QED) is 0.234. The first-order chi connectivity index (χ1) is 15.4. The van der Waals surface area contributed by atoms with Crippen molar-refractivity contribution in [1.29, 1.82) is 0 Å². The van der Waals surface area contributed by atoms with Crippen LogP contribution in [0.15, 0.2) is 94.6 Å². The van der Waals surface area contributed by atoms with Crippen LogP contribution < -0.4 is 10.9 Å². The molecule has 0 spiro atoms. The molecule has 32 heavy (non-hydrogen) atoms. The second-order valence-electron chi connectivity index (χ2n) is 8.57. The van der Waals surface area contributed by atoms with Gasteiger partial charge >= 0.3 is 0 Å². The van der Waals surface area contributed by atoms with E-state index in [2.05, 4.69) is 86.8 Å². The summed E-state index contributed by atoms with van der Waals surface area (Å²) in [5.74, 6) is 0.864. The van der Waals surface area contributed by atoms with Gasteiger partial charge in [0.15, 0.2) is 0 Å². The first kappa shape index (κ1) is 22.4. The zero-order chi connectivity index (χ0) is 22.6. The lowest BCUT2D eigenvalue weighted by Gasteiger charge is -2.18. The first-order valence-electron chi connectivity index (χ1n) is 10.8. The molecule has 1 aromatic heterocycles. The molecule has 0 atom stereocenters. The van der Waals surface area contributed by atoms with Gasteiger partial charge in [-0.25, -0.2) is 0 Å². The van der Waals surface area contributed by atoms with Crippen molar-refractivity contribution in [3.8, 4) is 21.6 Å². The highest BCUT2D eigenvalue weighted by Gasteiger charge is 2.23. The van der Waals surface area contributed by atoms with Gasteiger partial charge in [-0.1, -0.05) is 90.4 Å². The smallest absolute Gasteiger partial charge is 0.285 e. The minimum atomic E-state index is -0.255. The summed E-state index contributed by atoms with van der Waals surface area (Å²) in [5, 5.41) is 3.46. The van der Waals surface area contributed by atoms with Gasteiger partial charge < -0.3 is 5.32 Å². The zero-order valence-corrected chi connectivity index (χ0v) is 20.3. The highest BCUT2D eigenvalue weighted by Crippen LogP contribution is 2.34. The van der Waals surface area contributed by atoms with E-state index in [1.807, 2.05) is 40.0 Å². The summed E-state index contributed by atoms with van der Waals surface area (Å²) < 4.78 is 1.87. The Morgan fingerprint density at radius 3 is 2.09 bits per heavy atom. The molecule has 0 fully saturated rings. The Bertz CT molecular complexity index is 1220. The summed E-state index contributed by atoms with van der Waals surface area (Å²) in [5.41, 5.74) is 4.04. The molecule has 0 aliphatic heterocycles. The molecule has 3 nitrogen and oxygen atoms in total. The maximum Gasteiger partial charge on any atom is 0.285 e. The van der Waals surface area contributed by atoms with Crippen LogP contribution in [-0.4, -0.2) is 16.3 Å². The lowest BCUT2D eigenvalue weighted by atomic mass is 10.1. The van der Waals surface area contributed by atoms with E-state index >= 15 is 0 Å². The number of rotatable bonds is 7. The molecule has 4 aromatic rings. The van der Waals surface area contributed by atoms with Crippen molar-refractivity contribution < 1.29 is 0 Å². The molecule has 0 saturated carbocycles. The molecule has 0 amide bonds. The topological polar surface area (TPSA) is 34.0 Å². The Morgan fingerprint density at radius 1 is 0.844 bits per heavy atom. The lowest BCUT2D eigenvalue weighted by Crippen LogP contribution is -2.30. The first-order valence-corrected chi connectivity index (χ1v) is 12.5. The highest BCUT2D eigenvalue weighted by atomic mass is 32.2. The van der Waals surface area contributed by atoms with Crippen molar-refractivity contribution in [1.82, 2.24) is 3.96 Å². The standard InChI is InChI=1S/C27H28N2OS2/c1-27(2,3)29-26(30)24(25(32-29)21-14-8-5-9-15-21)28-18-19-31-23-17-11-10-16-22(23)20-12-6-4-7-13-20/h4-17,28H,18-19H2,1-3H3. The van der Waals surface area contributed by atoms with Crippen molar-refractivity contribution in [3.05, 3.63) is 95.3 Å². The predicted molar refractivity (Wildman–Crippen MR) is 140 cm³/mol. The van der Waals surface area contributed by atoms with Crippen molar-refractivity contribution in [2.24, 2.45) is 0 Å². The van der Waals surface area contributed by atoms with E-state index in [1.54, 1.807) is 0 Å². The van der Waals surface area contributed by atoms with Gasteiger partial charge in [-0.3, -0.25) is 8.75 Å². The number of hydrogen-bond donors (Lipinski definition) is 1. The number of anilines is 1. The van der Waals surface area contributed by atoms with E-state index in [9.17, 15) is 4.79 Å². The fourth-order valence-corrected chi connectivity index (χ4v) is 5.61. The lowest BCUT2D eigenvalue weighted by molar-refractivity contribution is 0.419. The third-order valence-electron chi connectivity index (χ3n) is 5.09. The van der Waals surface area contributed by atoms with Crippen LogP contribution in [0.4, 0.5) is 5.69 Å². The van der Waals surface area contributed by atoms with Gasteiger partial charge in [0.25, 0.3) is 5.56 Å². The van der Waals surface area contributed by atoms with Crippen LogP contribution in [0, 0.1) is 0 Å². The number of nitrogens with one attached hydrogen (secondary N) is 1. The Labute approximate surface area is 198 Å². The maximum absolute atomic E-state index is 13.2. The molecular weight excluding hydrogens is 432 g/mol. The molecular formula is C27H28N2OS2. The minimum Gasteiger partial charge on any atom is -0.378 e. The Balaban J connectivity index is 1.52. The predicted octanol–water partition coefficient (Wildman–Crippen LogP) is 7.20. The van der Waals surface area contributed by atoms with Crippen LogP contribution in [0.25, 0.3) is 21.6 Å². The molecule has 4 rings (SSSR count). The maximum atomic E-state index is 13.2. The molecule has 0 aliphatic rings. The monoisotopic (exact) mass is 460 g/mol. The van der Waals surface area contributed by atoms with E-state index in [-0.39, 0.29) is 11.1 Å². The van der Waals surface area contributed by atoms with Crippen molar-refractivity contribution in [3.63, 3.8) is 0 Å². The second kappa shape index (κ2) is 9.80. The molecule has 3 aromatic carbocycles. The molecule has 0 unspecified atom stereocenters. The van der Waals surface area contributed by atoms with Crippen LogP contribution in [-0.2, 0) is 5.54 Å². The molecule has 1 N–H and O–H groups in total. The summed E-state index contributed by atoms with van der Waals surface area (Å²) >= 11 is 3.35. The molecule has 5 heteroatoms. The van der Waals surface area contributed by atoms with Gasteiger partial charge in [0.2, 0.25) is 0 Å². The summed E-state index contributed by atoms with van der Waals surface area (Å²) in [7, 11) is 0. The van der Waals surface area contributed by atoms with Crippen molar-refractivity contribution in [2.75, 3.05) is 17.6 Å². The third-order valence-corrected chi connectivity index (χ3v) is 7.68. The fourth-order valence-electron chi connectivity index (χ4n) is 3.55. The molecule has 0 saturated heterocycles. The number of benzene rings is 3. The van der Waals surface area contributed by atoms with Crippen molar-refractivity contribution in [2.45, 2.75) is 31.2 Å². The largest absolute Gasteiger partial charge is 0.378 e. The second-order valence-corrected chi connectivity index (χ2v) is 10.7. The highest BCUT2D eigenvalue weighted by molar-refractivity contribution is 7.99. The Morgan fingerprint density at radius 2 is 1.44 bits per heavy atom. The molecule has 164 valence electrons. The van der Waals surface area contributed by atoms with E-state index in [1.165, 1.54) is 27.6 Å². The van der Waals surface area contributed by atoms with Gasteiger partial charge in [-0.2, -0.15) is 0 Å². The average molecular weight is 461 g/mol. The normalized spacial score (nSPS) is 11.5. The van der Waals surface area contributed by atoms with E-state index in [0.29, 0.717) is 12.2 Å². The number of thioether (sulfide) groups is 1. The summed E-state index contributed by atoms with van der Waals surface area (Å²) in [4.78, 5) is 15.5. The number of hydrogen-bond acceptors (Lipinski definition) is 4. The molecule has 1 heterocycles. The Kier molecular flexibility index (Phi) is 6.87. The van der Waals surface area contributed by atoms with E-state index in [0.717, 1.165) is 16.2 Å². The minimum absolute atomic E-state index is 0.0519. The summed E-state index contributed by atoms with van der Waals surface area (Å²) in [6, 6.07) is 29.1. The van der Waals surface area contributed by atoms with E-state index < -0.39 is 0 Å². The number of nitrogens with zero attached hydrogens (tertiary/aromatic N) is 1.